The van der Waals surface area contributed by atoms with E-state index in [1.54, 1.807) is 24.3 Å². The third kappa shape index (κ3) is 3.17. The van der Waals surface area contributed by atoms with Crippen molar-refractivity contribution in [2.75, 3.05) is 0 Å². The molecule has 0 fully saturated rings. The number of halogens is 1. The van der Waals surface area contributed by atoms with E-state index in [0.717, 1.165) is 5.56 Å². The van der Waals surface area contributed by atoms with Crippen LogP contribution in [0.4, 0.5) is 4.39 Å². The molecule has 0 saturated heterocycles. The van der Waals surface area contributed by atoms with Crippen LogP contribution >= 0.6 is 0 Å². The largest absolute Gasteiger partial charge is 0.503 e. The lowest BCUT2D eigenvalue weighted by atomic mass is 10.1. The summed E-state index contributed by atoms with van der Waals surface area (Å²) in [5.74, 6) is -0.0661. The van der Waals surface area contributed by atoms with E-state index in [1.807, 2.05) is 0 Å². The topological polar surface area (TPSA) is 86.5 Å². The Kier molecular flexibility index (Phi) is 3.99. The molecule has 3 rings (SSSR count). The summed E-state index contributed by atoms with van der Waals surface area (Å²) >= 11 is 0. The number of aliphatic hydroxyl groups excluding tert-OH is 1. The van der Waals surface area contributed by atoms with Crippen molar-refractivity contribution in [1.82, 2.24) is 4.98 Å². The molecule has 0 aliphatic rings. The number of aromatic amines is 1. The van der Waals surface area contributed by atoms with Gasteiger partial charge in [0.15, 0.2) is 5.75 Å². The summed E-state index contributed by atoms with van der Waals surface area (Å²) in [5, 5.41) is 20.0. The molecule has 0 bridgehead atoms. The van der Waals surface area contributed by atoms with Crippen LogP contribution in [-0.2, 0) is 6.42 Å². The summed E-state index contributed by atoms with van der Waals surface area (Å²) in [7, 11) is 0. The first-order chi connectivity index (χ1) is 11.0. The number of rotatable bonds is 4. The number of furan rings is 1. The number of aliphatic hydroxyl groups is 1. The zero-order valence-electron chi connectivity index (χ0n) is 12.0. The normalized spacial score (nSPS) is 12.3. The summed E-state index contributed by atoms with van der Waals surface area (Å²) in [6.45, 7) is 0. The number of aromatic nitrogens is 1. The van der Waals surface area contributed by atoms with Gasteiger partial charge in [0, 0.05) is 18.2 Å². The predicted molar refractivity (Wildman–Crippen MR) is 80.7 cm³/mol. The first kappa shape index (κ1) is 15.1. The Hall–Kier alpha value is -2.86. The van der Waals surface area contributed by atoms with Gasteiger partial charge in [-0.2, -0.15) is 0 Å². The minimum absolute atomic E-state index is 0.0661. The third-order valence-corrected chi connectivity index (χ3v) is 3.50. The van der Waals surface area contributed by atoms with Gasteiger partial charge in [-0.3, -0.25) is 4.79 Å². The molecule has 6 heteroatoms. The molecule has 0 saturated carbocycles. The van der Waals surface area contributed by atoms with Crippen LogP contribution in [0.2, 0.25) is 0 Å². The van der Waals surface area contributed by atoms with E-state index in [2.05, 4.69) is 4.98 Å². The lowest BCUT2D eigenvalue weighted by Gasteiger charge is -2.09. The van der Waals surface area contributed by atoms with E-state index in [-0.39, 0.29) is 17.1 Å². The van der Waals surface area contributed by atoms with Gasteiger partial charge in [0.25, 0.3) is 5.56 Å². The van der Waals surface area contributed by atoms with Crippen molar-refractivity contribution >= 4 is 0 Å². The molecule has 23 heavy (non-hydrogen) atoms. The van der Waals surface area contributed by atoms with Crippen molar-refractivity contribution < 1.29 is 19.0 Å². The van der Waals surface area contributed by atoms with Crippen molar-refractivity contribution in [3.63, 3.8) is 0 Å². The Balaban J connectivity index is 1.82. The van der Waals surface area contributed by atoms with Gasteiger partial charge in [-0.1, -0.05) is 12.1 Å². The molecule has 3 N–H and O–H groups in total. The number of hydrogen-bond donors (Lipinski definition) is 3. The van der Waals surface area contributed by atoms with Gasteiger partial charge in [0.05, 0.1) is 0 Å². The summed E-state index contributed by atoms with van der Waals surface area (Å²) in [6.07, 6.45) is 0.524. The molecule has 0 radical (unpaired) electrons. The first-order valence-electron chi connectivity index (χ1n) is 6.96. The van der Waals surface area contributed by atoms with Crippen molar-refractivity contribution in [3.8, 4) is 5.75 Å². The average Bonchev–Trinajstić information content (AvgIpc) is 3.00. The standard InChI is InChI=1S/C17H14FNO4/c18-11-3-1-10(2-4-11)9-12-5-6-14(23-12)15(20)13-7-8-19-17(22)16(13)21/h1-8,15,20-21H,9H2,(H,19,22). The molecule has 0 aliphatic heterocycles. The average molecular weight is 315 g/mol. The Morgan fingerprint density at radius 3 is 2.61 bits per heavy atom. The van der Waals surface area contributed by atoms with Gasteiger partial charge >= 0.3 is 0 Å². The number of hydrogen-bond acceptors (Lipinski definition) is 4. The highest BCUT2D eigenvalue weighted by molar-refractivity contribution is 5.35. The fraction of sp³-hybridized carbons (Fsp3) is 0.118. The molecule has 3 aromatic rings. The molecule has 5 nitrogen and oxygen atoms in total. The summed E-state index contributed by atoms with van der Waals surface area (Å²) < 4.78 is 18.4. The molecular formula is C17H14FNO4. The number of benzene rings is 1. The van der Waals surface area contributed by atoms with Crippen LogP contribution < -0.4 is 5.56 Å². The zero-order chi connectivity index (χ0) is 16.4. The molecule has 0 spiro atoms. The van der Waals surface area contributed by atoms with Gasteiger partial charge in [-0.15, -0.1) is 0 Å². The summed E-state index contributed by atoms with van der Waals surface area (Å²) in [6, 6.07) is 10.7. The number of aromatic hydroxyl groups is 1. The van der Waals surface area contributed by atoms with Crippen LogP contribution in [0.15, 0.2) is 57.9 Å². The SMILES string of the molecule is O=c1[nH]ccc(C(O)c2ccc(Cc3ccc(F)cc3)o2)c1O. The fourth-order valence-corrected chi connectivity index (χ4v) is 2.30. The quantitative estimate of drug-likeness (QED) is 0.690. The number of H-pyrrole nitrogens is 1. The molecule has 0 amide bonds. The number of pyridine rings is 1. The summed E-state index contributed by atoms with van der Waals surface area (Å²) in [4.78, 5) is 13.7. The highest BCUT2D eigenvalue weighted by Crippen LogP contribution is 2.28. The van der Waals surface area contributed by atoms with Gasteiger partial charge in [-0.25, -0.2) is 4.39 Å². The molecule has 2 aromatic heterocycles. The lowest BCUT2D eigenvalue weighted by Crippen LogP contribution is -2.09. The van der Waals surface area contributed by atoms with E-state index in [1.165, 1.54) is 24.4 Å². The zero-order valence-corrected chi connectivity index (χ0v) is 12.0. The monoisotopic (exact) mass is 315 g/mol. The van der Waals surface area contributed by atoms with Crippen molar-refractivity contribution in [1.29, 1.82) is 0 Å². The first-order valence-corrected chi connectivity index (χ1v) is 6.96. The van der Waals surface area contributed by atoms with Crippen molar-refractivity contribution in [2.45, 2.75) is 12.5 Å². The highest BCUT2D eigenvalue weighted by atomic mass is 19.1. The van der Waals surface area contributed by atoms with Gasteiger partial charge in [0.1, 0.15) is 23.4 Å². The van der Waals surface area contributed by atoms with Crippen LogP contribution in [-0.4, -0.2) is 15.2 Å². The maximum Gasteiger partial charge on any atom is 0.290 e. The van der Waals surface area contributed by atoms with Gasteiger partial charge in [-0.05, 0) is 35.9 Å². The van der Waals surface area contributed by atoms with E-state index >= 15 is 0 Å². The van der Waals surface area contributed by atoms with Crippen LogP contribution in [0.25, 0.3) is 0 Å². The van der Waals surface area contributed by atoms with Crippen molar-refractivity contribution in [2.24, 2.45) is 0 Å². The maximum absolute atomic E-state index is 12.9. The van der Waals surface area contributed by atoms with E-state index in [4.69, 9.17) is 4.42 Å². The Morgan fingerprint density at radius 1 is 1.13 bits per heavy atom. The van der Waals surface area contributed by atoms with E-state index in [9.17, 15) is 19.4 Å². The van der Waals surface area contributed by atoms with Gasteiger partial charge in [0.2, 0.25) is 0 Å². The minimum Gasteiger partial charge on any atom is -0.503 e. The van der Waals surface area contributed by atoms with E-state index in [0.29, 0.717) is 12.2 Å². The van der Waals surface area contributed by atoms with E-state index < -0.39 is 17.4 Å². The van der Waals surface area contributed by atoms with Crippen LogP contribution in [0.5, 0.6) is 5.75 Å². The second-order valence-electron chi connectivity index (χ2n) is 5.12. The Morgan fingerprint density at radius 2 is 1.87 bits per heavy atom. The molecular weight excluding hydrogens is 301 g/mol. The maximum atomic E-state index is 12.9. The lowest BCUT2D eigenvalue weighted by molar-refractivity contribution is 0.183. The smallest absolute Gasteiger partial charge is 0.290 e. The highest BCUT2D eigenvalue weighted by Gasteiger charge is 2.19. The van der Waals surface area contributed by atoms with Crippen LogP contribution in [0, 0.1) is 5.82 Å². The second-order valence-corrected chi connectivity index (χ2v) is 5.12. The molecule has 1 atom stereocenters. The third-order valence-electron chi connectivity index (χ3n) is 3.50. The Bertz CT molecular complexity index is 867. The summed E-state index contributed by atoms with van der Waals surface area (Å²) in [5.41, 5.74) is 0.247. The number of nitrogens with one attached hydrogen (secondary N) is 1. The van der Waals surface area contributed by atoms with Crippen LogP contribution in [0.3, 0.4) is 0 Å². The van der Waals surface area contributed by atoms with Crippen LogP contribution in [0.1, 0.15) is 28.8 Å². The minimum atomic E-state index is -1.25. The molecule has 0 aliphatic carbocycles. The molecule has 1 unspecified atom stereocenters. The second kappa shape index (κ2) is 6.10. The molecule has 1 aromatic carbocycles. The predicted octanol–water partition coefficient (Wildman–Crippen LogP) is 2.49. The Labute approximate surface area is 130 Å². The van der Waals surface area contributed by atoms with Crippen molar-refractivity contribution in [3.05, 3.63) is 87.5 Å². The van der Waals surface area contributed by atoms with Gasteiger partial charge < -0.3 is 19.6 Å². The fourth-order valence-electron chi connectivity index (χ4n) is 2.30. The molecule has 2 heterocycles. The molecule has 118 valence electrons.